The Hall–Kier alpha value is -2.76. The monoisotopic (exact) mass is 324 g/mol. The molecule has 124 valence electrons. The molecular formula is C18H20N4O2. The molecule has 6 nitrogen and oxygen atoms in total. The van der Waals surface area contributed by atoms with Gasteiger partial charge in [-0.15, -0.1) is 0 Å². The number of aromatic nitrogens is 3. The molecule has 1 aromatic carbocycles. The quantitative estimate of drug-likeness (QED) is 0.756. The Balaban J connectivity index is 1.43. The van der Waals surface area contributed by atoms with Gasteiger partial charge in [-0.25, -0.2) is 0 Å². The van der Waals surface area contributed by atoms with E-state index in [1.165, 1.54) is 0 Å². The van der Waals surface area contributed by atoms with Gasteiger partial charge in [0.1, 0.15) is 5.75 Å². The molecule has 0 fully saturated rings. The lowest BCUT2D eigenvalue weighted by atomic mass is 10.2. The first kappa shape index (κ1) is 14.8. The number of methoxy groups -OCH3 is 1. The Bertz CT molecular complexity index is 894. The van der Waals surface area contributed by atoms with Crippen molar-refractivity contribution in [3.8, 4) is 5.75 Å². The zero-order valence-electron chi connectivity index (χ0n) is 13.6. The number of carbonyl (C=O) groups is 1. The van der Waals surface area contributed by atoms with Crippen molar-refractivity contribution in [3.63, 3.8) is 0 Å². The molecule has 0 unspecified atom stereocenters. The highest BCUT2D eigenvalue weighted by Crippen LogP contribution is 2.26. The average molecular weight is 324 g/mol. The molecule has 6 heteroatoms. The van der Waals surface area contributed by atoms with Crippen LogP contribution in [0.2, 0.25) is 0 Å². The summed E-state index contributed by atoms with van der Waals surface area (Å²) in [5.41, 5.74) is 3.86. The topological polar surface area (TPSA) is 71.9 Å². The Kier molecular flexibility index (Phi) is 3.72. The summed E-state index contributed by atoms with van der Waals surface area (Å²) in [4.78, 5) is 12.3. The number of nitrogens with zero attached hydrogens (tertiary/aromatic N) is 2. The first-order valence-electron chi connectivity index (χ1n) is 8.24. The number of benzene rings is 1. The fraction of sp³-hybridized carbons (Fsp3) is 0.333. The summed E-state index contributed by atoms with van der Waals surface area (Å²) >= 11 is 0. The summed E-state index contributed by atoms with van der Waals surface area (Å²) in [6.45, 7) is 1.26. The number of aromatic amines is 1. The molecule has 0 aliphatic heterocycles. The second-order valence-corrected chi connectivity index (χ2v) is 6.04. The van der Waals surface area contributed by atoms with Gasteiger partial charge in [0.15, 0.2) is 5.69 Å². The number of carbonyl (C=O) groups excluding carboxylic acids is 1. The van der Waals surface area contributed by atoms with Gasteiger partial charge in [-0.05, 0) is 37.5 Å². The van der Waals surface area contributed by atoms with Crippen molar-refractivity contribution in [2.24, 2.45) is 0 Å². The van der Waals surface area contributed by atoms with Crippen LogP contribution in [0.25, 0.3) is 10.9 Å². The van der Waals surface area contributed by atoms with Gasteiger partial charge in [0.25, 0.3) is 5.91 Å². The lowest BCUT2D eigenvalue weighted by molar-refractivity contribution is 0.0946. The first-order chi connectivity index (χ1) is 11.8. The van der Waals surface area contributed by atoms with Gasteiger partial charge in [0.05, 0.1) is 12.6 Å². The average Bonchev–Trinajstić information content (AvgIpc) is 3.29. The number of rotatable bonds is 5. The third-order valence-corrected chi connectivity index (χ3v) is 4.65. The molecule has 3 aromatic rings. The van der Waals surface area contributed by atoms with E-state index in [1.807, 2.05) is 24.4 Å². The Morgan fingerprint density at radius 3 is 3.17 bits per heavy atom. The van der Waals surface area contributed by atoms with Crippen LogP contribution in [0.3, 0.4) is 0 Å². The van der Waals surface area contributed by atoms with E-state index in [2.05, 4.69) is 26.1 Å². The van der Waals surface area contributed by atoms with Crippen LogP contribution in [0, 0.1) is 0 Å². The van der Waals surface area contributed by atoms with Crippen molar-refractivity contribution in [1.29, 1.82) is 0 Å². The molecule has 1 aliphatic carbocycles. The molecule has 0 saturated heterocycles. The molecule has 0 radical (unpaired) electrons. The second kappa shape index (κ2) is 6.03. The summed E-state index contributed by atoms with van der Waals surface area (Å²) in [6.07, 6.45) is 5.05. The van der Waals surface area contributed by atoms with Crippen LogP contribution < -0.4 is 10.1 Å². The standard InChI is InChI=1S/C18H20N4O2/c1-24-16-7-3-6-15-13(16)8-10-22(15)11-9-19-18(23)17-12-4-2-5-14(12)20-21-17/h3,6-8,10H,2,4-5,9,11H2,1H3,(H,19,23)(H,20,21). The molecule has 4 rings (SSSR count). The van der Waals surface area contributed by atoms with Crippen molar-refractivity contribution in [3.05, 3.63) is 47.4 Å². The zero-order valence-corrected chi connectivity index (χ0v) is 13.6. The van der Waals surface area contributed by atoms with Gasteiger partial charge in [-0.2, -0.15) is 5.10 Å². The van der Waals surface area contributed by atoms with Gasteiger partial charge in [0.2, 0.25) is 0 Å². The van der Waals surface area contributed by atoms with E-state index in [-0.39, 0.29) is 5.91 Å². The van der Waals surface area contributed by atoms with E-state index < -0.39 is 0 Å². The largest absolute Gasteiger partial charge is 0.496 e. The smallest absolute Gasteiger partial charge is 0.272 e. The molecule has 1 amide bonds. The number of hydrogen-bond acceptors (Lipinski definition) is 3. The molecule has 2 aromatic heterocycles. The Labute approximate surface area is 139 Å². The van der Waals surface area contributed by atoms with Crippen LogP contribution in [0.4, 0.5) is 0 Å². The summed E-state index contributed by atoms with van der Waals surface area (Å²) in [6, 6.07) is 8.02. The number of amides is 1. The van der Waals surface area contributed by atoms with Crippen molar-refractivity contribution >= 4 is 16.8 Å². The van der Waals surface area contributed by atoms with Gasteiger partial charge in [-0.1, -0.05) is 6.07 Å². The van der Waals surface area contributed by atoms with E-state index in [9.17, 15) is 4.79 Å². The second-order valence-electron chi connectivity index (χ2n) is 6.04. The molecule has 0 bridgehead atoms. The van der Waals surface area contributed by atoms with Crippen molar-refractivity contribution < 1.29 is 9.53 Å². The van der Waals surface area contributed by atoms with Gasteiger partial charge < -0.3 is 14.6 Å². The molecule has 0 saturated carbocycles. The lowest BCUT2D eigenvalue weighted by Gasteiger charge is -2.08. The number of ether oxygens (including phenoxy) is 1. The van der Waals surface area contributed by atoms with E-state index in [0.29, 0.717) is 18.8 Å². The van der Waals surface area contributed by atoms with E-state index in [1.54, 1.807) is 7.11 Å². The van der Waals surface area contributed by atoms with E-state index >= 15 is 0 Å². The number of fused-ring (bicyclic) bond motifs is 2. The van der Waals surface area contributed by atoms with Crippen LogP contribution in [0.15, 0.2) is 30.5 Å². The Morgan fingerprint density at radius 1 is 1.38 bits per heavy atom. The molecular weight excluding hydrogens is 304 g/mol. The van der Waals surface area contributed by atoms with E-state index in [0.717, 1.165) is 47.2 Å². The maximum absolute atomic E-state index is 12.3. The van der Waals surface area contributed by atoms with Crippen LogP contribution in [-0.2, 0) is 19.4 Å². The summed E-state index contributed by atoms with van der Waals surface area (Å²) < 4.78 is 7.50. The molecule has 1 aliphatic rings. The van der Waals surface area contributed by atoms with Crippen LogP contribution in [0.1, 0.15) is 28.2 Å². The van der Waals surface area contributed by atoms with Crippen molar-refractivity contribution in [2.45, 2.75) is 25.8 Å². The minimum absolute atomic E-state index is 0.0940. The fourth-order valence-corrected chi connectivity index (χ4v) is 3.45. The third kappa shape index (κ3) is 2.44. The number of H-pyrrole nitrogens is 1. The number of aryl methyl sites for hydroxylation is 1. The number of nitrogens with one attached hydrogen (secondary N) is 2. The highest BCUT2D eigenvalue weighted by Gasteiger charge is 2.22. The SMILES string of the molecule is COc1cccc2c1ccn2CCNC(=O)c1n[nH]c2c1CCC2. The highest BCUT2D eigenvalue weighted by atomic mass is 16.5. The van der Waals surface area contributed by atoms with Crippen LogP contribution in [0.5, 0.6) is 5.75 Å². The highest BCUT2D eigenvalue weighted by molar-refractivity contribution is 5.94. The minimum atomic E-state index is -0.0940. The first-order valence-corrected chi connectivity index (χ1v) is 8.24. The Morgan fingerprint density at radius 2 is 2.29 bits per heavy atom. The maximum atomic E-state index is 12.3. The molecule has 0 atom stereocenters. The normalized spacial score (nSPS) is 13.2. The predicted octanol–water partition coefficient (Wildman–Crippen LogP) is 2.29. The molecule has 24 heavy (non-hydrogen) atoms. The zero-order chi connectivity index (χ0) is 16.5. The summed E-state index contributed by atoms with van der Waals surface area (Å²) in [5.74, 6) is 0.769. The predicted molar refractivity (Wildman–Crippen MR) is 91.4 cm³/mol. The van der Waals surface area contributed by atoms with Crippen LogP contribution in [-0.4, -0.2) is 34.3 Å². The summed E-state index contributed by atoms with van der Waals surface area (Å²) in [5, 5.41) is 11.2. The van der Waals surface area contributed by atoms with Crippen molar-refractivity contribution in [2.75, 3.05) is 13.7 Å². The third-order valence-electron chi connectivity index (χ3n) is 4.65. The van der Waals surface area contributed by atoms with Crippen LogP contribution >= 0.6 is 0 Å². The van der Waals surface area contributed by atoms with Crippen molar-refractivity contribution in [1.82, 2.24) is 20.1 Å². The lowest BCUT2D eigenvalue weighted by Crippen LogP contribution is -2.28. The molecule has 0 spiro atoms. The minimum Gasteiger partial charge on any atom is -0.496 e. The van der Waals surface area contributed by atoms with Gasteiger partial charge in [0, 0.05) is 35.9 Å². The molecule has 2 N–H and O–H groups in total. The van der Waals surface area contributed by atoms with Gasteiger partial charge >= 0.3 is 0 Å². The molecule has 2 heterocycles. The fourth-order valence-electron chi connectivity index (χ4n) is 3.45. The van der Waals surface area contributed by atoms with E-state index in [4.69, 9.17) is 4.74 Å². The number of hydrogen-bond donors (Lipinski definition) is 2. The van der Waals surface area contributed by atoms with Gasteiger partial charge in [-0.3, -0.25) is 9.89 Å². The maximum Gasteiger partial charge on any atom is 0.272 e. The summed E-state index contributed by atoms with van der Waals surface area (Å²) in [7, 11) is 1.68.